The van der Waals surface area contributed by atoms with Crippen molar-refractivity contribution in [3.63, 3.8) is 0 Å². The predicted octanol–water partition coefficient (Wildman–Crippen LogP) is 6.43. The van der Waals surface area contributed by atoms with Gasteiger partial charge in [0, 0.05) is 17.0 Å². The highest BCUT2D eigenvalue weighted by Gasteiger charge is 2.22. The van der Waals surface area contributed by atoms with Crippen molar-refractivity contribution in [2.45, 2.75) is 26.4 Å². The number of nitrogens with one attached hydrogen (secondary N) is 1. The molecule has 0 radical (unpaired) electrons. The van der Waals surface area contributed by atoms with Crippen LogP contribution in [0, 0.1) is 0 Å². The third kappa shape index (κ3) is 4.98. The fraction of sp³-hybridized carbons (Fsp3) is 0.154. The van der Waals surface area contributed by atoms with Gasteiger partial charge in [0.2, 0.25) is 0 Å². The fourth-order valence-electron chi connectivity index (χ4n) is 3.13. The van der Waals surface area contributed by atoms with Crippen molar-refractivity contribution >= 4 is 28.5 Å². The second-order valence-electron chi connectivity index (χ2n) is 8.25. The van der Waals surface area contributed by atoms with E-state index in [0.717, 1.165) is 11.0 Å². The van der Waals surface area contributed by atoms with E-state index in [1.54, 1.807) is 75.6 Å². The van der Waals surface area contributed by atoms with Gasteiger partial charge >= 0.3 is 5.97 Å². The zero-order valence-electron chi connectivity index (χ0n) is 18.0. The molecule has 0 fully saturated rings. The number of anilines is 1. The number of ether oxygens (including phenoxy) is 2. The molecule has 0 aliphatic heterocycles. The zero-order valence-corrected chi connectivity index (χ0v) is 18.0. The average Bonchev–Trinajstić information content (AvgIpc) is 3.21. The molecule has 0 spiro atoms. The van der Waals surface area contributed by atoms with Crippen LogP contribution in [0.25, 0.3) is 11.0 Å². The third-order valence-electron chi connectivity index (χ3n) is 4.55. The number of benzene rings is 3. The lowest BCUT2D eigenvalue weighted by Crippen LogP contribution is -2.25. The number of fused-ring (bicyclic) bond motifs is 1. The molecule has 1 heterocycles. The van der Waals surface area contributed by atoms with Crippen molar-refractivity contribution in [3.8, 4) is 11.5 Å². The summed E-state index contributed by atoms with van der Waals surface area (Å²) in [4.78, 5) is 25.5. The minimum atomic E-state index is -0.674. The van der Waals surface area contributed by atoms with E-state index >= 15 is 0 Å². The van der Waals surface area contributed by atoms with E-state index < -0.39 is 11.6 Å². The maximum absolute atomic E-state index is 12.8. The van der Waals surface area contributed by atoms with Crippen molar-refractivity contribution in [2.24, 2.45) is 0 Å². The fourth-order valence-corrected chi connectivity index (χ4v) is 3.13. The van der Waals surface area contributed by atoms with E-state index in [-0.39, 0.29) is 11.5 Å². The van der Waals surface area contributed by atoms with Gasteiger partial charge in [-0.3, -0.25) is 4.79 Å². The second-order valence-corrected chi connectivity index (χ2v) is 8.25. The second kappa shape index (κ2) is 8.59. The molecule has 3 aromatic carbocycles. The van der Waals surface area contributed by atoms with Gasteiger partial charge in [0.05, 0.1) is 17.5 Å². The molecule has 0 saturated carbocycles. The van der Waals surface area contributed by atoms with Crippen molar-refractivity contribution in [3.05, 3.63) is 90.2 Å². The van der Waals surface area contributed by atoms with Crippen LogP contribution < -0.4 is 10.1 Å². The van der Waals surface area contributed by atoms with Gasteiger partial charge in [0.1, 0.15) is 22.7 Å². The summed E-state index contributed by atoms with van der Waals surface area (Å²) in [6.45, 7) is 5.36. The van der Waals surface area contributed by atoms with Crippen LogP contribution in [0.15, 0.2) is 83.5 Å². The largest absolute Gasteiger partial charge is 0.464 e. The van der Waals surface area contributed by atoms with E-state index in [0.29, 0.717) is 22.7 Å². The summed E-state index contributed by atoms with van der Waals surface area (Å²) in [7, 11) is 0. The van der Waals surface area contributed by atoms with Crippen LogP contribution in [0.2, 0.25) is 0 Å². The number of amides is 1. The molecule has 32 heavy (non-hydrogen) atoms. The lowest BCUT2D eigenvalue weighted by Gasteiger charge is -2.21. The average molecular weight is 429 g/mol. The molecule has 1 N–H and O–H groups in total. The first-order chi connectivity index (χ1) is 15.3. The van der Waals surface area contributed by atoms with Crippen LogP contribution in [0.1, 0.15) is 41.5 Å². The predicted molar refractivity (Wildman–Crippen MR) is 122 cm³/mol. The van der Waals surface area contributed by atoms with Gasteiger partial charge in [-0.1, -0.05) is 18.2 Å². The number of furan rings is 1. The van der Waals surface area contributed by atoms with Crippen molar-refractivity contribution in [2.75, 3.05) is 5.32 Å². The Bertz CT molecular complexity index is 1270. The first-order valence-corrected chi connectivity index (χ1v) is 10.2. The lowest BCUT2D eigenvalue weighted by molar-refractivity contribution is 0.00707. The van der Waals surface area contributed by atoms with E-state index in [1.807, 2.05) is 24.3 Å². The van der Waals surface area contributed by atoms with Gasteiger partial charge in [0.15, 0.2) is 0 Å². The van der Waals surface area contributed by atoms with Crippen LogP contribution in [0.3, 0.4) is 0 Å². The minimum Gasteiger partial charge on any atom is -0.464 e. The van der Waals surface area contributed by atoms with Gasteiger partial charge in [-0.05, 0) is 69.3 Å². The van der Waals surface area contributed by atoms with Gasteiger partial charge in [-0.2, -0.15) is 0 Å². The van der Waals surface area contributed by atoms with Gasteiger partial charge in [-0.25, -0.2) is 4.79 Å². The quantitative estimate of drug-likeness (QED) is 0.370. The highest BCUT2D eigenvalue weighted by Crippen LogP contribution is 2.30. The maximum Gasteiger partial charge on any atom is 0.340 e. The van der Waals surface area contributed by atoms with Gasteiger partial charge in [-0.15, -0.1) is 0 Å². The Morgan fingerprint density at radius 2 is 1.59 bits per heavy atom. The highest BCUT2D eigenvalue weighted by molar-refractivity contribution is 6.08. The summed E-state index contributed by atoms with van der Waals surface area (Å²) in [5.41, 5.74) is 1.09. The molecule has 4 rings (SSSR count). The van der Waals surface area contributed by atoms with Gasteiger partial charge in [0.25, 0.3) is 5.91 Å². The zero-order chi connectivity index (χ0) is 22.7. The molecule has 6 heteroatoms. The molecule has 4 aromatic rings. The number of carbonyl (C=O) groups excluding carboxylic acids is 2. The van der Waals surface area contributed by atoms with Crippen LogP contribution in [0.5, 0.6) is 11.5 Å². The van der Waals surface area contributed by atoms with E-state index in [1.165, 1.54) is 0 Å². The molecule has 0 bridgehead atoms. The van der Waals surface area contributed by atoms with E-state index in [9.17, 15) is 9.59 Å². The molecule has 0 atom stereocenters. The van der Waals surface area contributed by atoms with Crippen molar-refractivity contribution in [1.82, 2.24) is 0 Å². The summed E-state index contributed by atoms with van der Waals surface area (Å²) in [6.07, 6.45) is 1.61. The maximum atomic E-state index is 12.8. The first-order valence-electron chi connectivity index (χ1n) is 10.2. The number of hydrogen-bond donors (Lipinski definition) is 1. The molecule has 162 valence electrons. The Morgan fingerprint density at radius 3 is 2.34 bits per heavy atom. The molecular weight excluding hydrogens is 406 g/mol. The SMILES string of the molecule is CC(C)(C)OC(=O)c1ccc(Oc2ccc3occc3c2)cc1NC(=O)c1ccccc1. The summed E-state index contributed by atoms with van der Waals surface area (Å²) >= 11 is 0. The topological polar surface area (TPSA) is 77.8 Å². The Balaban J connectivity index is 1.65. The Kier molecular flexibility index (Phi) is 5.69. The van der Waals surface area contributed by atoms with Crippen molar-refractivity contribution < 1.29 is 23.5 Å². The molecule has 0 aliphatic carbocycles. The first kappa shape index (κ1) is 21.2. The smallest absolute Gasteiger partial charge is 0.340 e. The normalized spacial score (nSPS) is 11.2. The monoisotopic (exact) mass is 429 g/mol. The Hall–Kier alpha value is -4.06. The van der Waals surface area contributed by atoms with Gasteiger partial charge < -0.3 is 19.2 Å². The Morgan fingerprint density at radius 1 is 0.875 bits per heavy atom. The number of rotatable bonds is 5. The van der Waals surface area contributed by atoms with Crippen LogP contribution >= 0.6 is 0 Å². The summed E-state index contributed by atoms with van der Waals surface area (Å²) < 4.78 is 16.8. The molecule has 0 unspecified atom stereocenters. The number of hydrogen-bond acceptors (Lipinski definition) is 5. The standard InChI is InChI=1S/C26H23NO5/c1-26(2,3)32-25(29)21-11-9-20(31-19-10-12-23-18(15-19)13-14-30-23)16-22(21)27-24(28)17-7-5-4-6-8-17/h4-16H,1-3H3,(H,27,28). The minimum absolute atomic E-state index is 0.238. The lowest BCUT2D eigenvalue weighted by atomic mass is 10.1. The molecular formula is C26H23NO5. The van der Waals surface area contributed by atoms with E-state index in [2.05, 4.69) is 5.32 Å². The molecule has 0 aliphatic rings. The van der Waals surface area contributed by atoms with Crippen LogP contribution in [0.4, 0.5) is 5.69 Å². The number of esters is 1. The van der Waals surface area contributed by atoms with E-state index in [4.69, 9.17) is 13.9 Å². The Labute approximate surface area is 185 Å². The molecule has 1 amide bonds. The van der Waals surface area contributed by atoms with Crippen molar-refractivity contribution in [1.29, 1.82) is 0 Å². The molecule has 6 nitrogen and oxygen atoms in total. The summed E-state index contributed by atoms with van der Waals surface area (Å²) in [6, 6.07) is 20.9. The summed E-state index contributed by atoms with van der Waals surface area (Å²) in [5, 5.41) is 3.72. The molecule has 0 saturated heterocycles. The molecule has 1 aromatic heterocycles. The highest BCUT2D eigenvalue weighted by atomic mass is 16.6. The number of carbonyl (C=O) groups is 2. The van der Waals surface area contributed by atoms with Crippen LogP contribution in [-0.4, -0.2) is 17.5 Å². The third-order valence-corrected chi connectivity index (χ3v) is 4.55. The van der Waals surface area contributed by atoms with Crippen LogP contribution in [-0.2, 0) is 4.74 Å². The summed E-state index contributed by atoms with van der Waals surface area (Å²) in [5.74, 6) is 0.187.